The number of benzene rings is 1. The number of hydrogen-bond acceptors (Lipinski definition) is 3. The Balaban J connectivity index is 1.93. The number of aromatic nitrogens is 4. The van der Waals surface area contributed by atoms with Gasteiger partial charge in [-0.25, -0.2) is 9.67 Å². The first-order valence-electron chi connectivity index (χ1n) is 7.11. The second-order valence-electron chi connectivity index (χ2n) is 4.97. The van der Waals surface area contributed by atoms with E-state index in [1.165, 1.54) is 0 Å². The lowest BCUT2D eigenvalue weighted by molar-refractivity contribution is 0.881. The molecule has 0 spiro atoms. The third-order valence-electron chi connectivity index (χ3n) is 3.33. The van der Waals surface area contributed by atoms with Crippen LogP contribution >= 0.6 is 11.6 Å². The van der Waals surface area contributed by atoms with Crippen LogP contribution in [-0.4, -0.2) is 19.7 Å². The fourth-order valence-corrected chi connectivity index (χ4v) is 2.35. The van der Waals surface area contributed by atoms with Crippen molar-refractivity contribution in [3.63, 3.8) is 0 Å². The van der Waals surface area contributed by atoms with E-state index in [0.717, 1.165) is 28.3 Å². The normalized spacial score (nSPS) is 11.0. The molecule has 0 N–H and O–H groups in total. The highest BCUT2D eigenvalue weighted by Crippen LogP contribution is 2.20. The molecule has 0 aliphatic heterocycles. The van der Waals surface area contributed by atoms with E-state index in [2.05, 4.69) is 21.6 Å². The lowest BCUT2D eigenvalue weighted by Gasteiger charge is -2.02. The molecule has 0 bridgehead atoms. The predicted molar refractivity (Wildman–Crippen MR) is 93.6 cm³/mol. The van der Waals surface area contributed by atoms with Crippen molar-refractivity contribution in [3.8, 4) is 16.9 Å². The number of nitrogens with zero attached hydrogens (tertiary/aromatic N) is 4. The highest BCUT2D eigenvalue weighted by atomic mass is 35.5. The van der Waals surface area contributed by atoms with Crippen LogP contribution in [0.1, 0.15) is 11.4 Å². The van der Waals surface area contributed by atoms with Gasteiger partial charge in [0.05, 0.1) is 35.2 Å². The molecule has 0 aliphatic rings. The summed E-state index contributed by atoms with van der Waals surface area (Å²) < 4.78 is 1.77. The van der Waals surface area contributed by atoms with Crippen LogP contribution < -0.4 is 0 Å². The molecule has 0 unspecified atom stereocenters. The van der Waals surface area contributed by atoms with Crippen LogP contribution in [0.2, 0.25) is 5.02 Å². The zero-order chi connectivity index (χ0) is 16.2. The van der Waals surface area contributed by atoms with Gasteiger partial charge in [-0.3, -0.25) is 4.98 Å². The molecular weight excluding hydrogens is 308 g/mol. The lowest BCUT2D eigenvalue weighted by atomic mass is 10.2. The lowest BCUT2D eigenvalue weighted by Crippen LogP contribution is -1.94. The van der Waals surface area contributed by atoms with E-state index in [1.807, 2.05) is 49.5 Å². The van der Waals surface area contributed by atoms with E-state index < -0.39 is 0 Å². The van der Waals surface area contributed by atoms with E-state index in [-0.39, 0.29) is 0 Å². The van der Waals surface area contributed by atoms with E-state index in [4.69, 9.17) is 11.6 Å². The molecule has 3 rings (SSSR count). The van der Waals surface area contributed by atoms with Crippen LogP contribution in [0, 0.1) is 6.92 Å². The van der Waals surface area contributed by atoms with Gasteiger partial charge in [0, 0.05) is 16.8 Å². The fraction of sp³-hybridized carbons (Fsp3) is 0.0556. The largest absolute Gasteiger partial charge is 0.253 e. The molecular formula is C18H15ClN4. The summed E-state index contributed by atoms with van der Waals surface area (Å²) in [7, 11) is 0. The average molecular weight is 323 g/mol. The number of halogens is 1. The first-order valence-corrected chi connectivity index (χ1v) is 7.49. The van der Waals surface area contributed by atoms with Crippen LogP contribution in [0.5, 0.6) is 0 Å². The second-order valence-corrected chi connectivity index (χ2v) is 5.41. The highest BCUT2D eigenvalue weighted by molar-refractivity contribution is 6.30. The van der Waals surface area contributed by atoms with Gasteiger partial charge in [-0.05, 0) is 31.2 Å². The molecule has 0 radical (unpaired) electrons. The Morgan fingerprint density at radius 2 is 2.13 bits per heavy atom. The summed E-state index contributed by atoms with van der Waals surface area (Å²) in [6.07, 6.45) is 10.9. The summed E-state index contributed by atoms with van der Waals surface area (Å²) in [5.41, 5.74) is 4.28. The molecule has 0 aliphatic carbocycles. The van der Waals surface area contributed by atoms with Crippen molar-refractivity contribution >= 4 is 17.7 Å². The summed E-state index contributed by atoms with van der Waals surface area (Å²) in [6, 6.07) is 7.53. The molecule has 1 aromatic carbocycles. The molecule has 3 aromatic rings. The van der Waals surface area contributed by atoms with Crippen molar-refractivity contribution in [2.45, 2.75) is 6.92 Å². The van der Waals surface area contributed by atoms with Gasteiger partial charge in [0.2, 0.25) is 0 Å². The molecule has 23 heavy (non-hydrogen) atoms. The Labute approximate surface area is 139 Å². The van der Waals surface area contributed by atoms with Crippen LogP contribution in [-0.2, 0) is 0 Å². The van der Waals surface area contributed by atoms with Gasteiger partial charge in [-0.2, -0.15) is 5.10 Å². The van der Waals surface area contributed by atoms with E-state index >= 15 is 0 Å². The first-order chi connectivity index (χ1) is 11.2. The second kappa shape index (κ2) is 6.58. The van der Waals surface area contributed by atoms with Crippen molar-refractivity contribution < 1.29 is 0 Å². The molecule has 5 heteroatoms. The van der Waals surface area contributed by atoms with E-state index in [0.29, 0.717) is 5.02 Å². The smallest absolute Gasteiger partial charge is 0.0920 e. The van der Waals surface area contributed by atoms with Crippen molar-refractivity contribution in [1.82, 2.24) is 19.7 Å². The van der Waals surface area contributed by atoms with E-state index in [1.54, 1.807) is 23.2 Å². The first kappa shape index (κ1) is 15.2. The van der Waals surface area contributed by atoms with Crippen LogP contribution in [0.4, 0.5) is 0 Å². The quantitative estimate of drug-likeness (QED) is 0.665. The molecule has 0 atom stereocenters. The van der Waals surface area contributed by atoms with Crippen LogP contribution in [0.25, 0.3) is 23.0 Å². The SMILES string of the molecule is C=C/C=C\c1ncc(-c2cnn(-c3cccc(Cl)c3)c2)nc1C. The minimum atomic E-state index is 0.675. The summed E-state index contributed by atoms with van der Waals surface area (Å²) in [5.74, 6) is 0. The fourth-order valence-electron chi connectivity index (χ4n) is 2.17. The zero-order valence-electron chi connectivity index (χ0n) is 12.6. The van der Waals surface area contributed by atoms with Crippen LogP contribution in [0.3, 0.4) is 0 Å². The van der Waals surface area contributed by atoms with Gasteiger partial charge in [0.25, 0.3) is 0 Å². The van der Waals surface area contributed by atoms with Crippen molar-refractivity contribution in [3.05, 3.63) is 78.0 Å². The van der Waals surface area contributed by atoms with Crippen LogP contribution in [0.15, 0.2) is 61.6 Å². The maximum Gasteiger partial charge on any atom is 0.0920 e. The Kier molecular flexibility index (Phi) is 4.35. The number of allylic oxidation sites excluding steroid dienone is 2. The van der Waals surface area contributed by atoms with Crippen molar-refractivity contribution in [2.24, 2.45) is 0 Å². The minimum absolute atomic E-state index is 0.675. The summed E-state index contributed by atoms with van der Waals surface area (Å²) in [6.45, 7) is 5.58. The van der Waals surface area contributed by atoms with Gasteiger partial charge in [0.1, 0.15) is 0 Å². The Morgan fingerprint density at radius 1 is 1.26 bits per heavy atom. The van der Waals surface area contributed by atoms with E-state index in [9.17, 15) is 0 Å². The average Bonchev–Trinajstić information content (AvgIpc) is 3.04. The zero-order valence-corrected chi connectivity index (χ0v) is 13.4. The third-order valence-corrected chi connectivity index (χ3v) is 3.56. The molecule has 0 fully saturated rings. The number of hydrogen-bond donors (Lipinski definition) is 0. The molecule has 2 aromatic heterocycles. The maximum absolute atomic E-state index is 6.02. The van der Waals surface area contributed by atoms with Crippen molar-refractivity contribution in [1.29, 1.82) is 0 Å². The number of aryl methyl sites for hydroxylation is 1. The summed E-state index contributed by atoms with van der Waals surface area (Å²) >= 11 is 6.02. The monoisotopic (exact) mass is 322 g/mol. The van der Waals surface area contributed by atoms with Gasteiger partial charge in [0.15, 0.2) is 0 Å². The molecule has 0 amide bonds. The Bertz CT molecular complexity index is 880. The molecule has 0 saturated carbocycles. The molecule has 0 saturated heterocycles. The number of rotatable bonds is 4. The van der Waals surface area contributed by atoms with Gasteiger partial charge in [-0.1, -0.05) is 36.4 Å². The summed E-state index contributed by atoms with van der Waals surface area (Å²) in [5, 5.41) is 5.04. The topological polar surface area (TPSA) is 43.6 Å². The standard InChI is InChI=1S/C18H15ClN4/c1-3-4-8-17-13(2)22-18(11-20-17)14-10-21-23(12-14)16-7-5-6-15(19)9-16/h3-12H,1H2,2H3/b8-4-. The Hall–Kier alpha value is -2.72. The maximum atomic E-state index is 6.02. The minimum Gasteiger partial charge on any atom is -0.253 e. The summed E-state index contributed by atoms with van der Waals surface area (Å²) in [4.78, 5) is 9.03. The predicted octanol–water partition coefficient (Wildman–Crippen LogP) is 4.49. The van der Waals surface area contributed by atoms with Gasteiger partial charge in [-0.15, -0.1) is 0 Å². The Morgan fingerprint density at radius 3 is 2.87 bits per heavy atom. The molecule has 4 nitrogen and oxygen atoms in total. The molecule has 2 heterocycles. The van der Waals surface area contributed by atoms with Gasteiger partial charge >= 0.3 is 0 Å². The highest BCUT2D eigenvalue weighted by Gasteiger charge is 2.07. The van der Waals surface area contributed by atoms with Gasteiger partial charge < -0.3 is 0 Å². The van der Waals surface area contributed by atoms with Crippen molar-refractivity contribution in [2.75, 3.05) is 0 Å². The molecule has 114 valence electrons. The third kappa shape index (κ3) is 3.38.